The van der Waals surface area contributed by atoms with Crippen molar-refractivity contribution < 1.29 is 14.3 Å². The maximum absolute atomic E-state index is 13.3. The van der Waals surface area contributed by atoms with Gasteiger partial charge in [0.05, 0.1) is 0 Å². The number of carbonyl (C=O) groups excluding carboxylic acids is 1. The van der Waals surface area contributed by atoms with Gasteiger partial charge in [-0.2, -0.15) is 0 Å². The molecule has 1 fully saturated rings. The van der Waals surface area contributed by atoms with Gasteiger partial charge in [-0.15, -0.1) is 0 Å². The summed E-state index contributed by atoms with van der Waals surface area (Å²) in [5, 5.41) is 0. The van der Waals surface area contributed by atoms with Crippen molar-refractivity contribution in [1.82, 2.24) is 4.90 Å². The number of rotatable bonds is 11. The quantitative estimate of drug-likeness (QED) is 0.285. The van der Waals surface area contributed by atoms with Crippen molar-refractivity contribution in [3.05, 3.63) is 0 Å². The monoisotopic (exact) mass is 505 g/mol. The summed E-state index contributed by atoms with van der Waals surface area (Å²) < 4.78 is 16.5. The Labute approximate surface area is 179 Å². The normalized spacial score (nSPS) is 20.8. The van der Waals surface area contributed by atoms with E-state index in [1.165, 1.54) is 51.8 Å². The predicted molar refractivity (Wildman–Crippen MR) is 121 cm³/mol. The van der Waals surface area contributed by atoms with Gasteiger partial charge in [0.15, 0.2) is 0 Å². The molecule has 0 aromatic rings. The van der Waals surface area contributed by atoms with Gasteiger partial charge in [-0.3, -0.25) is 0 Å². The van der Waals surface area contributed by atoms with Crippen LogP contribution in [0.2, 0.25) is 13.3 Å². The van der Waals surface area contributed by atoms with Crippen molar-refractivity contribution >= 4 is 24.5 Å². The second kappa shape index (κ2) is 12.0. The fraction of sp³-hybridized carbons (Fsp3) is 0.957. The third-order valence-electron chi connectivity index (χ3n) is 6.02. The molecule has 0 bridgehead atoms. The van der Waals surface area contributed by atoms with Crippen LogP contribution in [0.25, 0.3) is 0 Å². The van der Waals surface area contributed by atoms with E-state index in [0.29, 0.717) is 12.5 Å². The molecule has 0 aliphatic carbocycles. The van der Waals surface area contributed by atoms with Gasteiger partial charge >= 0.3 is 179 Å². The fourth-order valence-electron chi connectivity index (χ4n) is 4.39. The molecule has 0 aromatic heterocycles. The fourth-order valence-corrected chi connectivity index (χ4v) is 21.5. The first kappa shape index (κ1) is 26.1. The molecule has 5 heteroatoms. The SMILES string of the molecule is CCC[CH2][Sn]([CH2]CCC)([CH2]CCC)[C@H]1OC[C@H](C(C)C)N1C(=O)OC(C)(C)C. The molecule has 4 nitrogen and oxygen atoms in total. The number of unbranched alkanes of at least 4 members (excludes halogenated alkanes) is 3. The molecular weight excluding hydrogens is 457 g/mol. The van der Waals surface area contributed by atoms with Crippen LogP contribution in [0.5, 0.6) is 0 Å². The zero-order valence-electron chi connectivity index (χ0n) is 20.0. The van der Waals surface area contributed by atoms with Crippen LogP contribution >= 0.6 is 0 Å². The van der Waals surface area contributed by atoms with Crippen LogP contribution in [0.4, 0.5) is 4.79 Å². The Balaban J connectivity index is 3.28. The van der Waals surface area contributed by atoms with E-state index in [0.717, 1.165) is 0 Å². The summed E-state index contributed by atoms with van der Waals surface area (Å²) in [6.07, 6.45) is 7.35. The van der Waals surface area contributed by atoms with Gasteiger partial charge in [0.25, 0.3) is 0 Å². The van der Waals surface area contributed by atoms with Gasteiger partial charge in [-0.25, -0.2) is 0 Å². The first-order valence-corrected chi connectivity index (χ1v) is 19.4. The summed E-state index contributed by atoms with van der Waals surface area (Å²) in [6, 6.07) is 0.140. The molecule has 166 valence electrons. The van der Waals surface area contributed by atoms with Gasteiger partial charge in [-0.05, 0) is 0 Å². The van der Waals surface area contributed by atoms with Crippen LogP contribution in [-0.2, 0) is 9.47 Å². The van der Waals surface area contributed by atoms with Crippen molar-refractivity contribution in [2.45, 2.75) is 123 Å². The first-order chi connectivity index (χ1) is 13.1. The Morgan fingerprint density at radius 1 is 1.04 bits per heavy atom. The average molecular weight is 504 g/mol. The number of carbonyl (C=O) groups is 1. The molecule has 1 aliphatic heterocycles. The molecule has 1 aliphatic rings. The molecule has 1 rings (SSSR count). The van der Waals surface area contributed by atoms with Gasteiger partial charge in [0, 0.05) is 0 Å². The standard InChI is InChI=1S/C11H20NO3.3C4H9.Sn/c1-8(2)9-6-14-7-12(9)10(13)15-11(3,4)5;3*1-3-4-2;/h7-9H,6H2,1-5H3;3*1,3-4H2,2H3;/t9-;;;;/m1..../s1. The van der Waals surface area contributed by atoms with Crippen molar-refractivity contribution in [3.63, 3.8) is 0 Å². The van der Waals surface area contributed by atoms with E-state index in [1.807, 2.05) is 20.8 Å². The molecule has 2 atom stereocenters. The van der Waals surface area contributed by atoms with Crippen LogP contribution < -0.4 is 0 Å². The van der Waals surface area contributed by atoms with Crippen molar-refractivity contribution in [2.24, 2.45) is 5.92 Å². The molecule has 0 N–H and O–H groups in total. The van der Waals surface area contributed by atoms with E-state index in [2.05, 4.69) is 39.5 Å². The zero-order chi connectivity index (χ0) is 21.4. The summed E-state index contributed by atoms with van der Waals surface area (Å²) in [7, 11) is 0. The van der Waals surface area contributed by atoms with E-state index in [4.69, 9.17) is 9.47 Å². The summed E-state index contributed by atoms with van der Waals surface area (Å²) in [5.41, 5.74) is -0.472. The Kier molecular flexibility index (Phi) is 11.2. The average Bonchev–Trinajstić information content (AvgIpc) is 3.06. The Morgan fingerprint density at radius 3 is 1.86 bits per heavy atom. The van der Waals surface area contributed by atoms with Crippen LogP contribution in [0, 0.1) is 5.92 Å². The molecule has 0 saturated carbocycles. The predicted octanol–water partition coefficient (Wildman–Crippen LogP) is 6.99. The van der Waals surface area contributed by atoms with Gasteiger partial charge < -0.3 is 0 Å². The molecule has 28 heavy (non-hydrogen) atoms. The zero-order valence-corrected chi connectivity index (χ0v) is 22.8. The molecule has 1 amide bonds. The summed E-state index contributed by atoms with van der Waals surface area (Å²) >= 11 is -2.75. The minimum absolute atomic E-state index is 0.0428. The molecule has 0 unspecified atom stereocenters. The van der Waals surface area contributed by atoms with Crippen LogP contribution in [-0.4, -0.2) is 51.9 Å². The molecule has 1 heterocycles. The van der Waals surface area contributed by atoms with E-state index >= 15 is 0 Å². The van der Waals surface area contributed by atoms with E-state index in [1.54, 1.807) is 0 Å². The Bertz CT molecular complexity index is 439. The van der Waals surface area contributed by atoms with Gasteiger partial charge in [0.1, 0.15) is 0 Å². The maximum atomic E-state index is 13.3. The number of hydrogen-bond acceptors (Lipinski definition) is 3. The third kappa shape index (κ3) is 7.37. The van der Waals surface area contributed by atoms with E-state index in [-0.39, 0.29) is 16.4 Å². The first-order valence-electron chi connectivity index (χ1n) is 11.7. The minimum atomic E-state index is -2.75. The molecule has 0 aromatic carbocycles. The number of nitrogens with zero attached hydrogens (tertiary/aromatic N) is 1. The number of hydrogen-bond donors (Lipinski definition) is 0. The van der Waals surface area contributed by atoms with Crippen molar-refractivity contribution in [2.75, 3.05) is 6.61 Å². The molecule has 0 radical (unpaired) electrons. The van der Waals surface area contributed by atoms with E-state index < -0.39 is 24.0 Å². The molecule has 1 saturated heterocycles. The van der Waals surface area contributed by atoms with Crippen molar-refractivity contribution in [1.29, 1.82) is 0 Å². The van der Waals surface area contributed by atoms with Crippen molar-refractivity contribution in [3.8, 4) is 0 Å². The summed E-state index contributed by atoms with van der Waals surface area (Å²) in [4.78, 5) is 15.4. The Hall–Kier alpha value is 0.0287. The molecular formula is C23H47NO3Sn. The summed E-state index contributed by atoms with van der Waals surface area (Å²) in [6.45, 7) is 17.8. The Morgan fingerprint density at radius 2 is 1.50 bits per heavy atom. The second-order valence-corrected chi connectivity index (χ2v) is 23.5. The van der Waals surface area contributed by atoms with Crippen LogP contribution in [0.15, 0.2) is 0 Å². The molecule has 0 spiro atoms. The third-order valence-corrected chi connectivity index (χ3v) is 21.8. The number of ether oxygens (including phenoxy) is 2. The van der Waals surface area contributed by atoms with Crippen LogP contribution in [0.3, 0.4) is 0 Å². The van der Waals surface area contributed by atoms with Gasteiger partial charge in [0.2, 0.25) is 0 Å². The van der Waals surface area contributed by atoms with E-state index in [9.17, 15) is 4.79 Å². The van der Waals surface area contributed by atoms with Crippen LogP contribution in [0.1, 0.15) is 93.9 Å². The number of amides is 1. The topological polar surface area (TPSA) is 38.8 Å². The second-order valence-electron chi connectivity index (χ2n) is 10.1. The summed E-state index contributed by atoms with van der Waals surface area (Å²) in [5.74, 6) is 0.380. The van der Waals surface area contributed by atoms with Gasteiger partial charge in [-0.1, -0.05) is 0 Å².